The second kappa shape index (κ2) is 4.26. The monoisotopic (exact) mass is 299 g/mol. The predicted octanol–water partition coefficient (Wildman–Crippen LogP) is 3.28. The Balaban J connectivity index is 1.90. The highest BCUT2D eigenvalue weighted by Gasteiger charge is 2.24. The average molecular weight is 299 g/mol. The molecule has 1 aliphatic heterocycles. The van der Waals surface area contributed by atoms with E-state index < -0.39 is 0 Å². The minimum absolute atomic E-state index is 0.00405. The molecule has 0 radical (unpaired) electrons. The minimum Gasteiger partial charge on any atom is -0.286 e. The van der Waals surface area contributed by atoms with Crippen LogP contribution in [0.15, 0.2) is 53.3 Å². The van der Waals surface area contributed by atoms with Gasteiger partial charge < -0.3 is 0 Å². The molecule has 0 saturated heterocycles. The van der Waals surface area contributed by atoms with Gasteiger partial charge in [-0.25, -0.2) is 9.97 Å². The Morgan fingerprint density at radius 1 is 1.04 bits per heavy atom. The largest absolute Gasteiger partial charge is 0.286 e. The molecule has 0 N–H and O–H groups in total. The van der Waals surface area contributed by atoms with E-state index in [1.54, 1.807) is 4.57 Å². The summed E-state index contributed by atoms with van der Waals surface area (Å²) in [5, 5.41) is 1.76. The van der Waals surface area contributed by atoms with Crippen molar-refractivity contribution in [2.24, 2.45) is 0 Å². The van der Waals surface area contributed by atoms with Gasteiger partial charge in [0.15, 0.2) is 5.82 Å². The van der Waals surface area contributed by atoms with E-state index in [1.807, 2.05) is 30.3 Å². The maximum absolute atomic E-state index is 12.7. The number of aromatic nitrogens is 3. The second-order valence-electron chi connectivity index (χ2n) is 5.99. The third kappa shape index (κ3) is 1.63. The Hall–Kier alpha value is -3.01. The van der Waals surface area contributed by atoms with Crippen LogP contribution in [-0.2, 0) is 6.54 Å². The number of pyridine rings is 1. The number of benzene rings is 2. The van der Waals surface area contributed by atoms with Crippen molar-refractivity contribution in [3.63, 3.8) is 0 Å². The molecule has 1 aliphatic rings. The summed E-state index contributed by atoms with van der Waals surface area (Å²) in [6.45, 7) is 2.59. The highest BCUT2D eigenvalue weighted by Crippen LogP contribution is 2.31. The second-order valence-corrected chi connectivity index (χ2v) is 5.99. The molecule has 2 aromatic carbocycles. The van der Waals surface area contributed by atoms with Crippen LogP contribution in [0.3, 0.4) is 0 Å². The number of hydrogen-bond donors (Lipinski definition) is 0. The van der Waals surface area contributed by atoms with E-state index in [1.165, 1.54) is 0 Å². The molecular formula is C19H13N3O. The smallest absolute Gasteiger partial charge is 0.262 e. The predicted molar refractivity (Wildman–Crippen MR) is 90.6 cm³/mol. The molecular weight excluding hydrogens is 286 g/mol. The Kier molecular flexibility index (Phi) is 2.32. The molecule has 0 amide bonds. The molecule has 0 spiro atoms. The number of rotatable bonds is 0. The molecule has 0 bridgehead atoms. The van der Waals surface area contributed by atoms with Crippen LogP contribution in [0.25, 0.3) is 33.3 Å². The molecule has 4 aromatic rings. The third-order valence-corrected chi connectivity index (χ3v) is 4.53. The summed E-state index contributed by atoms with van der Waals surface area (Å²) in [7, 11) is 0. The summed E-state index contributed by atoms with van der Waals surface area (Å²) in [5.74, 6) is 0.675. The van der Waals surface area contributed by atoms with Crippen LogP contribution in [0.1, 0.15) is 11.1 Å². The molecule has 0 fully saturated rings. The first-order valence-corrected chi connectivity index (χ1v) is 7.61. The van der Waals surface area contributed by atoms with E-state index in [2.05, 4.69) is 25.1 Å². The fraction of sp³-hybridized carbons (Fsp3) is 0.105. The van der Waals surface area contributed by atoms with Gasteiger partial charge in [-0.05, 0) is 30.7 Å². The first kappa shape index (κ1) is 12.5. The third-order valence-electron chi connectivity index (χ3n) is 4.53. The van der Waals surface area contributed by atoms with Crippen LogP contribution in [0.2, 0.25) is 0 Å². The van der Waals surface area contributed by atoms with Gasteiger partial charge in [0.25, 0.3) is 5.56 Å². The molecule has 3 heterocycles. The lowest BCUT2D eigenvalue weighted by Gasteiger charge is -2.05. The van der Waals surface area contributed by atoms with Gasteiger partial charge in [0, 0.05) is 10.9 Å². The zero-order valence-electron chi connectivity index (χ0n) is 12.6. The van der Waals surface area contributed by atoms with E-state index in [9.17, 15) is 4.79 Å². The van der Waals surface area contributed by atoms with Gasteiger partial charge in [-0.3, -0.25) is 9.36 Å². The van der Waals surface area contributed by atoms with Gasteiger partial charge >= 0.3 is 0 Å². The molecule has 0 atom stereocenters. The SMILES string of the molecule is Cc1cccc2cc3c(nc12)-c1nc2ccccc2c(=O)n1C3. The van der Waals surface area contributed by atoms with Gasteiger partial charge in [0.05, 0.1) is 23.0 Å². The molecule has 4 nitrogen and oxygen atoms in total. The fourth-order valence-electron chi connectivity index (χ4n) is 3.37. The van der Waals surface area contributed by atoms with Crippen molar-refractivity contribution in [3.05, 3.63) is 70.0 Å². The summed E-state index contributed by atoms with van der Waals surface area (Å²) >= 11 is 0. The fourth-order valence-corrected chi connectivity index (χ4v) is 3.37. The summed E-state index contributed by atoms with van der Waals surface area (Å²) in [6, 6.07) is 15.8. The number of fused-ring (bicyclic) bond motifs is 5. The maximum Gasteiger partial charge on any atom is 0.262 e. The van der Waals surface area contributed by atoms with Crippen LogP contribution in [0.4, 0.5) is 0 Å². The van der Waals surface area contributed by atoms with Crippen LogP contribution in [0.5, 0.6) is 0 Å². The Labute approximate surface area is 132 Å². The Bertz CT molecular complexity index is 1170. The van der Waals surface area contributed by atoms with Gasteiger partial charge in [-0.1, -0.05) is 30.3 Å². The minimum atomic E-state index is 0.00405. The highest BCUT2D eigenvalue weighted by atomic mass is 16.1. The van der Waals surface area contributed by atoms with Crippen molar-refractivity contribution in [2.75, 3.05) is 0 Å². The van der Waals surface area contributed by atoms with Crippen molar-refractivity contribution >= 4 is 21.8 Å². The molecule has 0 aliphatic carbocycles. The number of aryl methyl sites for hydroxylation is 1. The normalized spacial score (nSPS) is 12.6. The van der Waals surface area contributed by atoms with Crippen molar-refractivity contribution in [1.82, 2.24) is 14.5 Å². The lowest BCUT2D eigenvalue weighted by molar-refractivity contribution is 0.797. The first-order valence-electron chi connectivity index (χ1n) is 7.61. The van der Waals surface area contributed by atoms with Crippen LogP contribution < -0.4 is 5.56 Å². The van der Waals surface area contributed by atoms with Gasteiger partial charge in [-0.15, -0.1) is 0 Å². The zero-order valence-corrected chi connectivity index (χ0v) is 12.6. The maximum atomic E-state index is 12.7. The Morgan fingerprint density at radius 2 is 1.91 bits per heavy atom. The van der Waals surface area contributed by atoms with Crippen molar-refractivity contribution < 1.29 is 0 Å². The van der Waals surface area contributed by atoms with Crippen molar-refractivity contribution in [1.29, 1.82) is 0 Å². The molecule has 0 unspecified atom stereocenters. The molecule has 0 saturated carbocycles. The molecule has 2 aromatic heterocycles. The van der Waals surface area contributed by atoms with E-state index in [0.717, 1.165) is 33.2 Å². The zero-order chi connectivity index (χ0) is 15.6. The number of nitrogens with zero attached hydrogens (tertiary/aromatic N) is 3. The van der Waals surface area contributed by atoms with Crippen molar-refractivity contribution in [3.8, 4) is 11.5 Å². The topological polar surface area (TPSA) is 47.8 Å². The van der Waals surface area contributed by atoms with Gasteiger partial charge in [0.2, 0.25) is 0 Å². The van der Waals surface area contributed by atoms with Crippen LogP contribution in [0, 0.1) is 6.92 Å². The molecule has 110 valence electrons. The summed E-state index contributed by atoms with van der Waals surface area (Å²) < 4.78 is 1.73. The van der Waals surface area contributed by atoms with E-state index >= 15 is 0 Å². The Morgan fingerprint density at radius 3 is 2.83 bits per heavy atom. The molecule has 5 rings (SSSR count). The number of hydrogen-bond acceptors (Lipinski definition) is 3. The molecule has 4 heteroatoms. The standard InChI is InChI=1S/C19H13N3O/c1-11-5-4-6-12-9-13-10-22-18(17(13)21-16(11)12)20-15-8-3-2-7-14(15)19(22)23/h2-9H,10H2,1H3. The van der Waals surface area contributed by atoms with Crippen LogP contribution >= 0.6 is 0 Å². The quantitative estimate of drug-likeness (QED) is 0.441. The highest BCUT2D eigenvalue weighted by molar-refractivity contribution is 5.87. The van der Waals surface area contributed by atoms with E-state index in [0.29, 0.717) is 17.8 Å². The van der Waals surface area contributed by atoms with Gasteiger partial charge in [-0.2, -0.15) is 0 Å². The summed E-state index contributed by atoms with van der Waals surface area (Å²) in [4.78, 5) is 22.3. The van der Waals surface area contributed by atoms with E-state index in [4.69, 9.17) is 9.97 Å². The lowest BCUT2D eigenvalue weighted by atomic mass is 10.1. The lowest BCUT2D eigenvalue weighted by Crippen LogP contribution is -2.20. The molecule has 23 heavy (non-hydrogen) atoms. The first-order chi connectivity index (χ1) is 11.2. The summed E-state index contributed by atoms with van der Waals surface area (Å²) in [6.07, 6.45) is 0. The summed E-state index contributed by atoms with van der Waals surface area (Å²) in [5.41, 5.74) is 4.72. The van der Waals surface area contributed by atoms with E-state index in [-0.39, 0.29) is 5.56 Å². The van der Waals surface area contributed by atoms with Crippen LogP contribution in [-0.4, -0.2) is 14.5 Å². The van der Waals surface area contributed by atoms with Crippen molar-refractivity contribution in [2.45, 2.75) is 13.5 Å². The number of para-hydroxylation sites is 2. The average Bonchev–Trinajstić information content (AvgIpc) is 2.92. The van der Waals surface area contributed by atoms with Gasteiger partial charge in [0.1, 0.15) is 5.69 Å².